The van der Waals surface area contributed by atoms with Crippen LogP contribution in [0.15, 0.2) is 4.99 Å². The quantitative estimate of drug-likeness (QED) is 0.126. The van der Waals surface area contributed by atoms with E-state index < -0.39 is 5.60 Å². The van der Waals surface area contributed by atoms with Gasteiger partial charge in [0, 0.05) is 45.6 Å². The topological polar surface area (TPSA) is 83.0 Å². The zero-order valence-electron chi connectivity index (χ0n) is 19.3. The third-order valence-corrected chi connectivity index (χ3v) is 4.07. The zero-order valence-corrected chi connectivity index (χ0v) is 21.6. The van der Waals surface area contributed by atoms with Crippen molar-refractivity contribution < 1.29 is 14.3 Å². The van der Waals surface area contributed by atoms with Crippen molar-refractivity contribution in [2.45, 2.75) is 85.7 Å². The summed E-state index contributed by atoms with van der Waals surface area (Å²) in [5.74, 6) is 0.797. The third kappa shape index (κ3) is 17.5. The first-order valence-corrected chi connectivity index (χ1v) is 10.7. The Labute approximate surface area is 194 Å². The number of carbonyl (C=O) groups is 2. The molecule has 0 aliphatic carbocycles. The normalized spacial score (nSPS) is 11.4. The molecule has 0 heterocycles. The van der Waals surface area contributed by atoms with E-state index in [0.29, 0.717) is 19.4 Å². The standard InChI is InChI=1S/C21H42N4O3.HI/c1-7-22-20(24-17-15-18(26)25(8-2)9-3)23-16-13-11-10-12-14-19(27)28-21(4,5)6;/h7-17H2,1-6H3,(H2,22,23,24);1H. The lowest BCUT2D eigenvalue weighted by atomic mass is 10.1. The maximum atomic E-state index is 12.0. The molecule has 29 heavy (non-hydrogen) atoms. The van der Waals surface area contributed by atoms with Gasteiger partial charge >= 0.3 is 5.97 Å². The van der Waals surface area contributed by atoms with E-state index in [-0.39, 0.29) is 35.9 Å². The van der Waals surface area contributed by atoms with Crippen LogP contribution in [0, 0.1) is 0 Å². The molecule has 0 rings (SSSR count). The Bertz CT molecular complexity index is 475. The molecule has 7 nitrogen and oxygen atoms in total. The molecule has 0 spiro atoms. The second-order valence-electron chi connectivity index (χ2n) is 7.75. The van der Waals surface area contributed by atoms with Gasteiger partial charge in [-0.05, 0) is 54.4 Å². The van der Waals surface area contributed by atoms with Gasteiger partial charge in [-0.3, -0.25) is 14.6 Å². The Kier molecular flexibility index (Phi) is 18.5. The van der Waals surface area contributed by atoms with Crippen LogP contribution in [0.1, 0.15) is 80.1 Å². The van der Waals surface area contributed by atoms with Crippen LogP contribution in [0.2, 0.25) is 0 Å². The maximum absolute atomic E-state index is 12.0. The molecule has 0 bridgehead atoms. The molecule has 0 unspecified atom stereocenters. The number of hydrogen-bond acceptors (Lipinski definition) is 4. The molecule has 0 fully saturated rings. The summed E-state index contributed by atoms with van der Waals surface area (Å²) in [6, 6.07) is 0. The SMILES string of the molecule is CCNC(=NCCCCCCC(=O)OC(C)(C)C)NCCC(=O)N(CC)CC.I. The number of guanidine groups is 1. The van der Waals surface area contributed by atoms with Crippen molar-refractivity contribution in [1.29, 1.82) is 0 Å². The number of amides is 1. The number of esters is 1. The Morgan fingerprint density at radius 3 is 2.10 bits per heavy atom. The number of nitrogens with zero attached hydrogens (tertiary/aromatic N) is 2. The number of nitrogens with one attached hydrogen (secondary N) is 2. The summed E-state index contributed by atoms with van der Waals surface area (Å²) in [7, 11) is 0. The van der Waals surface area contributed by atoms with Gasteiger partial charge in [-0.25, -0.2) is 0 Å². The molecule has 172 valence electrons. The molecular weight excluding hydrogens is 483 g/mol. The molecule has 0 radical (unpaired) electrons. The van der Waals surface area contributed by atoms with E-state index >= 15 is 0 Å². The summed E-state index contributed by atoms with van der Waals surface area (Å²) in [4.78, 5) is 30.1. The van der Waals surface area contributed by atoms with E-state index in [0.717, 1.165) is 57.8 Å². The molecule has 0 saturated carbocycles. The maximum Gasteiger partial charge on any atom is 0.306 e. The number of hydrogen-bond donors (Lipinski definition) is 2. The molecule has 0 aromatic carbocycles. The summed E-state index contributed by atoms with van der Waals surface area (Å²) < 4.78 is 5.30. The number of unbranched alkanes of at least 4 members (excludes halogenated alkanes) is 3. The first-order chi connectivity index (χ1) is 13.2. The monoisotopic (exact) mass is 526 g/mol. The fraction of sp³-hybridized carbons (Fsp3) is 0.857. The Morgan fingerprint density at radius 1 is 0.931 bits per heavy atom. The van der Waals surface area contributed by atoms with Crippen molar-refractivity contribution >= 4 is 41.8 Å². The Hall–Kier alpha value is -1.06. The summed E-state index contributed by atoms with van der Waals surface area (Å²) in [5.41, 5.74) is -0.405. The van der Waals surface area contributed by atoms with Gasteiger partial charge in [0.05, 0.1) is 0 Å². The van der Waals surface area contributed by atoms with Crippen LogP contribution in [0.5, 0.6) is 0 Å². The molecule has 2 N–H and O–H groups in total. The fourth-order valence-electron chi connectivity index (χ4n) is 2.68. The first-order valence-electron chi connectivity index (χ1n) is 10.7. The average Bonchev–Trinajstić information content (AvgIpc) is 2.60. The lowest BCUT2D eigenvalue weighted by Gasteiger charge is -2.19. The number of halogens is 1. The highest BCUT2D eigenvalue weighted by Gasteiger charge is 2.15. The summed E-state index contributed by atoms with van der Waals surface area (Å²) in [6.07, 6.45) is 4.80. The first kappa shape index (κ1) is 30.1. The molecule has 0 saturated heterocycles. The second kappa shape index (κ2) is 17.8. The predicted octanol–water partition coefficient (Wildman–Crippen LogP) is 3.71. The lowest BCUT2D eigenvalue weighted by Crippen LogP contribution is -2.40. The van der Waals surface area contributed by atoms with Crippen LogP contribution >= 0.6 is 24.0 Å². The van der Waals surface area contributed by atoms with Gasteiger partial charge in [-0.2, -0.15) is 0 Å². The summed E-state index contributed by atoms with van der Waals surface area (Å²) >= 11 is 0. The Balaban J connectivity index is 0. The number of rotatable bonds is 13. The zero-order chi connectivity index (χ0) is 21.4. The second-order valence-corrected chi connectivity index (χ2v) is 7.75. The molecule has 0 aliphatic heterocycles. The van der Waals surface area contributed by atoms with E-state index in [9.17, 15) is 9.59 Å². The molecule has 0 aromatic rings. The fourth-order valence-corrected chi connectivity index (χ4v) is 2.68. The molecule has 1 amide bonds. The summed E-state index contributed by atoms with van der Waals surface area (Å²) in [5, 5.41) is 6.43. The molecular formula is C21H43IN4O3. The number of aliphatic imine (C=N–C) groups is 1. The molecule has 0 atom stereocenters. The van der Waals surface area contributed by atoms with E-state index in [1.807, 2.05) is 46.4 Å². The van der Waals surface area contributed by atoms with Gasteiger partial charge in [-0.15, -0.1) is 24.0 Å². The molecule has 8 heteroatoms. The van der Waals surface area contributed by atoms with Crippen molar-refractivity contribution in [3.63, 3.8) is 0 Å². The Morgan fingerprint density at radius 2 is 1.55 bits per heavy atom. The highest BCUT2D eigenvalue weighted by atomic mass is 127. The summed E-state index contributed by atoms with van der Waals surface area (Å²) in [6.45, 7) is 15.3. The molecule has 0 aliphatic rings. The van der Waals surface area contributed by atoms with Crippen molar-refractivity contribution in [2.24, 2.45) is 4.99 Å². The van der Waals surface area contributed by atoms with Gasteiger partial charge in [0.25, 0.3) is 0 Å². The van der Waals surface area contributed by atoms with Crippen LogP contribution in [-0.4, -0.2) is 61.1 Å². The van der Waals surface area contributed by atoms with Crippen LogP contribution in [0.3, 0.4) is 0 Å². The van der Waals surface area contributed by atoms with Gasteiger partial charge < -0.3 is 20.3 Å². The van der Waals surface area contributed by atoms with Gasteiger partial charge in [-0.1, -0.05) is 12.8 Å². The van der Waals surface area contributed by atoms with E-state index in [2.05, 4.69) is 15.6 Å². The highest BCUT2D eigenvalue weighted by Crippen LogP contribution is 2.11. The minimum Gasteiger partial charge on any atom is -0.460 e. The van der Waals surface area contributed by atoms with Gasteiger partial charge in [0.1, 0.15) is 5.60 Å². The van der Waals surface area contributed by atoms with E-state index in [4.69, 9.17) is 4.74 Å². The van der Waals surface area contributed by atoms with Crippen molar-refractivity contribution in [2.75, 3.05) is 32.7 Å². The highest BCUT2D eigenvalue weighted by molar-refractivity contribution is 14.0. The van der Waals surface area contributed by atoms with Crippen molar-refractivity contribution in [3.05, 3.63) is 0 Å². The predicted molar refractivity (Wildman–Crippen MR) is 131 cm³/mol. The van der Waals surface area contributed by atoms with E-state index in [1.54, 1.807) is 0 Å². The van der Waals surface area contributed by atoms with Crippen molar-refractivity contribution in [3.8, 4) is 0 Å². The largest absolute Gasteiger partial charge is 0.460 e. The van der Waals surface area contributed by atoms with Crippen molar-refractivity contribution in [1.82, 2.24) is 15.5 Å². The lowest BCUT2D eigenvalue weighted by molar-refractivity contribution is -0.154. The number of carbonyl (C=O) groups excluding carboxylic acids is 2. The van der Waals surface area contributed by atoms with Crippen LogP contribution in [-0.2, 0) is 14.3 Å². The minimum absolute atomic E-state index is 0. The minimum atomic E-state index is -0.405. The van der Waals surface area contributed by atoms with Crippen LogP contribution < -0.4 is 10.6 Å². The number of ether oxygens (including phenoxy) is 1. The van der Waals surface area contributed by atoms with Crippen LogP contribution in [0.4, 0.5) is 0 Å². The smallest absolute Gasteiger partial charge is 0.306 e. The third-order valence-electron chi connectivity index (χ3n) is 4.07. The average molecular weight is 527 g/mol. The van der Waals surface area contributed by atoms with Gasteiger partial charge in [0.2, 0.25) is 5.91 Å². The van der Waals surface area contributed by atoms with E-state index in [1.165, 1.54) is 0 Å². The molecule has 0 aromatic heterocycles. The van der Waals surface area contributed by atoms with Gasteiger partial charge in [0.15, 0.2) is 5.96 Å². The van der Waals surface area contributed by atoms with Crippen LogP contribution in [0.25, 0.3) is 0 Å².